The van der Waals surface area contributed by atoms with Gasteiger partial charge in [-0.05, 0) is 60.5 Å². The number of amides is 1. The summed E-state index contributed by atoms with van der Waals surface area (Å²) in [5.74, 6) is 1.82. The lowest BCUT2D eigenvalue weighted by Crippen LogP contribution is -2.31. The Morgan fingerprint density at radius 2 is 1.45 bits per heavy atom. The molecular formula is C33H29N3O4. The lowest BCUT2D eigenvalue weighted by molar-refractivity contribution is 0.0984. The van der Waals surface area contributed by atoms with Gasteiger partial charge in [-0.3, -0.25) is 4.79 Å². The summed E-state index contributed by atoms with van der Waals surface area (Å²) in [6.45, 7) is 2.53. The maximum atomic E-state index is 14.2. The van der Waals surface area contributed by atoms with Gasteiger partial charge in [0.25, 0.3) is 5.91 Å². The largest absolute Gasteiger partial charge is 0.454 e. The van der Waals surface area contributed by atoms with E-state index in [2.05, 4.69) is 0 Å². The van der Waals surface area contributed by atoms with Crippen molar-refractivity contribution in [3.05, 3.63) is 103 Å². The van der Waals surface area contributed by atoms with Gasteiger partial charge in [-0.25, -0.2) is 4.98 Å². The molecule has 1 aliphatic rings. The average molecular weight is 532 g/mol. The highest BCUT2D eigenvalue weighted by Crippen LogP contribution is 2.39. The fourth-order valence-corrected chi connectivity index (χ4v) is 4.85. The number of hydrogen-bond acceptors (Lipinski definition) is 6. The standard InChI is InChI=1S/C33H29N3O4/c1-4-36(25-18-19-28-29(20-25)39-21-38-28)33(37)30-31(23-14-16-24(17-15-23)35(2)3)40-32(34-30)27-13-9-8-12-26(27)22-10-6-5-7-11-22/h5-20H,4,21H2,1-3H3. The molecule has 40 heavy (non-hydrogen) atoms. The molecule has 0 N–H and O–H groups in total. The summed E-state index contributed by atoms with van der Waals surface area (Å²) >= 11 is 0. The number of nitrogens with zero attached hydrogens (tertiary/aromatic N) is 3. The van der Waals surface area contributed by atoms with Crippen LogP contribution in [0.4, 0.5) is 11.4 Å². The van der Waals surface area contributed by atoms with Gasteiger partial charge in [0.2, 0.25) is 12.7 Å². The molecule has 5 aromatic rings. The Morgan fingerprint density at radius 3 is 2.17 bits per heavy atom. The van der Waals surface area contributed by atoms with E-state index in [4.69, 9.17) is 18.9 Å². The van der Waals surface area contributed by atoms with Crippen LogP contribution in [-0.4, -0.2) is 38.3 Å². The van der Waals surface area contributed by atoms with E-state index in [1.54, 1.807) is 4.90 Å². The van der Waals surface area contributed by atoms with Gasteiger partial charge in [-0.2, -0.15) is 0 Å². The second-order valence-corrected chi connectivity index (χ2v) is 9.64. The number of carbonyl (C=O) groups is 1. The van der Waals surface area contributed by atoms with E-state index in [1.165, 1.54) is 0 Å². The summed E-state index contributed by atoms with van der Waals surface area (Å²) in [4.78, 5) is 22.7. The number of aromatic nitrogens is 1. The highest BCUT2D eigenvalue weighted by molar-refractivity contribution is 6.08. The highest BCUT2D eigenvalue weighted by atomic mass is 16.7. The summed E-state index contributed by atoms with van der Waals surface area (Å²) in [6.07, 6.45) is 0. The van der Waals surface area contributed by atoms with Crippen LogP contribution in [0, 0.1) is 0 Å². The van der Waals surface area contributed by atoms with Crippen molar-refractivity contribution in [2.24, 2.45) is 0 Å². The minimum Gasteiger partial charge on any atom is -0.454 e. The Morgan fingerprint density at radius 1 is 0.775 bits per heavy atom. The van der Waals surface area contributed by atoms with Crippen LogP contribution in [0.15, 0.2) is 101 Å². The van der Waals surface area contributed by atoms with Crippen LogP contribution in [0.3, 0.4) is 0 Å². The summed E-state index contributed by atoms with van der Waals surface area (Å²) in [5, 5.41) is 0. The van der Waals surface area contributed by atoms with Gasteiger partial charge in [0.1, 0.15) is 0 Å². The average Bonchev–Trinajstić information content (AvgIpc) is 3.65. The molecule has 1 amide bonds. The van der Waals surface area contributed by atoms with E-state index in [9.17, 15) is 4.79 Å². The maximum absolute atomic E-state index is 14.2. The van der Waals surface area contributed by atoms with Crippen molar-refractivity contribution in [1.29, 1.82) is 0 Å². The van der Waals surface area contributed by atoms with Crippen molar-refractivity contribution >= 4 is 17.3 Å². The Labute approximate surface area is 233 Å². The Hall–Kier alpha value is -5.04. The number of rotatable bonds is 7. The summed E-state index contributed by atoms with van der Waals surface area (Å²) in [6, 6.07) is 31.4. The molecule has 1 aliphatic heterocycles. The molecule has 0 unspecified atom stereocenters. The number of fused-ring (bicyclic) bond motifs is 1. The van der Waals surface area contributed by atoms with Crippen LogP contribution in [0.25, 0.3) is 33.9 Å². The van der Waals surface area contributed by atoms with E-state index in [0.29, 0.717) is 35.4 Å². The molecule has 0 spiro atoms. The topological polar surface area (TPSA) is 68.0 Å². The van der Waals surface area contributed by atoms with E-state index < -0.39 is 0 Å². The van der Waals surface area contributed by atoms with E-state index in [1.807, 2.05) is 123 Å². The highest BCUT2D eigenvalue weighted by Gasteiger charge is 2.28. The van der Waals surface area contributed by atoms with Crippen LogP contribution in [0.2, 0.25) is 0 Å². The molecule has 6 rings (SSSR count). The molecular weight excluding hydrogens is 502 g/mol. The fourth-order valence-electron chi connectivity index (χ4n) is 4.85. The molecule has 0 aliphatic carbocycles. The van der Waals surface area contributed by atoms with Gasteiger partial charge in [0.15, 0.2) is 23.0 Å². The van der Waals surface area contributed by atoms with Crippen molar-refractivity contribution in [2.75, 3.05) is 37.2 Å². The van der Waals surface area contributed by atoms with Crippen LogP contribution in [0.1, 0.15) is 17.4 Å². The molecule has 7 nitrogen and oxygen atoms in total. The van der Waals surface area contributed by atoms with Gasteiger partial charge < -0.3 is 23.7 Å². The summed E-state index contributed by atoms with van der Waals surface area (Å²) in [5.41, 5.74) is 5.57. The number of ether oxygens (including phenoxy) is 2. The molecule has 0 fully saturated rings. The van der Waals surface area contributed by atoms with E-state index >= 15 is 0 Å². The second kappa shape index (κ2) is 10.6. The smallest absolute Gasteiger partial charge is 0.280 e. The number of oxazole rings is 1. The molecule has 0 saturated carbocycles. The molecule has 0 radical (unpaired) electrons. The van der Waals surface area contributed by atoms with Crippen molar-refractivity contribution in [1.82, 2.24) is 4.98 Å². The van der Waals surface area contributed by atoms with Crippen molar-refractivity contribution in [3.63, 3.8) is 0 Å². The van der Waals surface area contributed by atoms with E-state index in [0.717, 1.165) is 27.9 Å². The zero-order valence-corrected chi connectivity index (χ0v) is 22.6. The van der Waals surface area contributed by atoms with Gasteiger partial charge in [0.05, 0.1) is 0 Å². The van der Waals surface area contributed by atoms with Crippen molar-refractivity contribution in [2.45, 2.75) is 6.92 Å². The first-order valence-corrected chi connectivity index (χ1v) is 13.2. The third-order valence-corrected chi connectivity index (χ3v) is 6.95. The van der Waals surface area contributed by atoms with Crippen LogP contribution < -0.4 is 19.3 Å². The Balaban J connectivity index is 1.48. The predicted octanol–water partition coefficient (Wildman–Crippen LogP) is 7.14. The number of anilines is 2. The monoisotopic (exact) mass is 531 g/mol. The normalized spacial score (nSPS) is 11.9. The summed E-state index contributed by atoms with van der Waals surface area (Å²) < 4.78 is 17.5. The summed E-state index contributed by atoms with van der Waals surface area (Å²) in [7, 11) is 3.98. The zero-order chi connectivity index (χ0) is 27.6. The number of hydrogen-bond donors (Lipinski definition) is 0. The van der Waals surface area contributed by atoms with Gasteiger partial charge in [-0.1, -0.05) is 48.5 Å². The van der Waals surface area contributed by atoms with Crippen LogP contribution in [0.5, 0.6) is 11.5 Å². The lowest BCUT2D eigenvalue weighted by Gasteiger charge is -2.20. The maximum Gasteiger partial charge on any atom is 0.280 e. The third kappa shape index (κ3) is 4.66. The number of benzene rings is 4. The second-order valence-electron chi connectivity index (χ2n) is 9.64. The quantitative estimate of drug-likeness (QED) is 0.222. The Bertz CT molecular complexity index is 1660. The zero-order valence-electron chi connectivity index (χ0n) is 22.6. The fraction of sp³-hybridized carbons (Fsp3) is 0.152. The first-order chi connectivity index (χ1) is 19.5. The minimum absolute atomic E-state index is 0.166. The van der Waals surface area contributed by atoms with Crippen molar-refractivity contribution in [3.8, 4) is 45.4 Å². The van der Waals surface area contributed by atoms with Gasteiger partial charge >= 0.3 is 0 Å². The van der Waals surface area contributed by atoms with Gasteiger partial charge in [0, 0.05) is 49.2 Å². The predicted molar refractivity (Wildman–Crippen MR) is 157 cm³/mol. The molecule has 200 valence electrons. The van der Waals surface area contributed by atoms with Crippen LogP contribution >= 0.6 is 0 Å². The molecule has 0 saturated heterocycles. The molecule has 0 atom stereocenters. The molecule has 1 aromatic heterocycles. The number of carbonyl (C=O) groups excluding carboxylic acids is 1. The Kier molecular flexibility index (Phi) is 6.70. The molecule has 4 aromatic carbocycles. The van der Waals surface area contributed by atoms with E-state index in [-0.39, 0.29) is 18.4 Å². The molecule has 7 heteroatoms. The molecule has 2 heterocycles. The third-order valence-electron chi connectivity index (χ3n) is 6.95. The van der Waals surface area contributed by atoms with Gasteiger partial charge in [-0.15, -0.1) is 0 Å². The first kappa shape index (κ1) is 25.2. The minimum atomic E-state index is -0.264. The molecule has 0 bridgehead atoms. The lowest BCUT2D eigenvalue weighted by atomic mass is 10.00. The SMILES string of the molecule is CCN(C(=O)c1nc(-c2ccccc2-c2ccccc2)oc1-c1ccc(N(C)C)cc1)c1ccc2c(c1)OCO2. The van der Waals surface area contributed by atoms with Crippen LogP contribution in [-0.2, 0) is 0 Å². The van der Waals surface area contributed by atoms with Crippen molar-refractivity contribution < 1.29 is 18.7 Å². The first-order valence-electron chi connectivity index (χ1n) is 13.2.